The smallest absolute Gasteiger partial charge is 0.411 e. The number of halogens is 3. The number of rotatable bonds is 5. The molecule has 0 aromatic heterocycles. The summed E-state index contributed by atoms with van der Waals surface area (Å²) in [6.07, 6.45) is -4.15. The molecule has 0 aromatic carbocycles. The van der Waals surface area contributed by atoms with Crippen molar-refractivity contribution >= 4 is 12.1 Å². The zero-order chi connectivity index (χ0) is 14.7. The number of nitrogens with zero attached hydrogens (tertiary/aromatic N) is 1. The van der Waals surface area contributed by atoms with Gasteiger partial charge in [-0.2, -0.15) is 13.2 Å². The van der Waals surface area contributed by atoms with Crippen molar-refractivity contribution in [1.82, 2.24) is 4.90 Å². The van der Waals surface area contributed by atoms with Crippen LogP contribution < -0.4 is 0 Å². The van der Waals surface area contributed by atoms with Crippen molar-refractivity contribution < 1.29 is 37.3 Å². The molecule has 19 heavy (non-hydrogen) atoms. The minimum absolute atomic E-state index is 0.0706. The molecule has 0 aliphatic carbocycles. The minimum Gasteiger partial charge on any atom is -0.479 e. The zero-order valence-corrected chi connectivity index (χ0v) is 9.77. The third kappa shape index (κ3) is 3.85. The fraction of sp³-hybridized carbons (Fsp3) is 0.600. The van der Waals surface area contributed by atoms with Crippen LogP contribution >= 0.6 is 0 Å². The van der Waals surface area contributed by atoms with E-state index in [2.05, 4.69) is 16.1 Å². The Morgan fingerprint density at radius 2 is 2.00 bits per heavy atom. The van der Waals surface area contributed by atoms with Gasteiger partial charge < -0.3 is 19.5 Å². The van der Waals surface area contributed by atoms with Crippen molar-refractivity contribution in [1.29, 1.82) is 0 Å². The van der Waals surface area contributed by atoms with Gasteiger partial charge >= 0.3 is 18.2 Å². The van der Waals surface area contributed by atoms with E-state index in [1.165, 1.54) is 6.08 Å². The van der Waals surface area contributed by atoms with Gasteiger partial charge in [-0.15, -0.1) is 0 Å². The summed E-state index contributed by atoms with van der Waals surface area (Å²) >= 11 is 0. The molecule has 9 heteroatoms. The Morgan fingerprint density at radius 1 is 1.42 bits per heavy atom. The van der Waals surface area contributed by atoms with Crippen molar-refractivity contribution in [3.63, 3.8) is 0 Å². The summed E-state index contributed by atoms with van der Waals surface area (Å²) in [6, 6.07) is 0. The fourth-order valence-corrected chi connectivity index (χ4v) is 1.43. The Bertz CT molecular complexity index is 376. The number of aliphatic carboxylic acids is 1. The number of hydrogen-bond donors (Lipinski definition) is 1. The molecule has 1 amide bonds. The zero-order valence-electron chi connectivity index (χ0n) is 9.77. The molecule has 108 valence electrons. The van der Waals surface area contributed by atoms with E-state index < -0.39 is 43.5 Å². The maximum absolute atomic E-state index is 12.0. The van der Waals surface area contributed by atoms with Gasteiger partial charge in [-0.1, -0.05) is 12.7 Å². The average Bonchev–Trinajstić information content (AvgIpc) is 2.22. The predicted octanol–water partition coefficient (Wildman–Crippen LogP) is 1.03. The van der Waals surface area contributed by atoms with Gasteiger partial charge in [0.15, 0.2) is 0 Å². The van der Waals surface area contributed by atoms with E-state index in [0.29, 0.717) is 0 Å². The number of amides is 1. The van der Waals surface area contributed by atoms with E-state index in [1.54, 1.807) is 0 Å². The number of alkyl halides is 3. The van der Waals surface area contributed by atoms with Crippen LogP contribution in [0.15, 0.2) is 12.7 Å². The first kappa shape index (κ1) is 15.3. The van der Waals surface area contributed by atoms with Gasteiger partial charge in [-0.05, 0) is 0 Å². The lowest BCUT2D eigenvalue weighted by atomic mass is 9.94. The van der Waals surface area contributed by atoms with Crippen molar-refractivity contribution in [3.8, 4) is 0 Å². The highest BCUT2D eigenvalue weighted by atomic mass is 19.4. The Hall–Kier alpha value is -1.77. The molecule has 1 fully saturated rings. The summed E-state index contributed by atoms with van der Waals surface area (Å²) in [7, 11) is 0. The third-order valence-electron chi connectivity index (χ3n) is 2.38. The number of hydrogen-bond acceptors (Lipinski definition) is 4. The lowest BCUT2D eigenvalue weighted by molar-refractivity contribution is -0.232. The summed E-state index contributed by atoms with van der Waals surface area (Å²) in [4.78, 5) is 23.1. The molecule has 0 spiro atoms. The molecule has 0 unspecified atom stereocenters. The number of carboxylic acids is 1. The number of ether oxygens (including phenoxy) is 2. The molecular weight excluding hydrogens is 271 g/mol. The molecule has 6 nitrogen and oxygen atoms in total. The minimum atomic E-state index is -4.63. The largest absolute Gasteiger partial charge is 0.479 e. The molecule has 0 radical (unpaired) electrons. The van der Waals surface area contributed by atoms with E-state index in [4.69, 9.17) is 5.11 Å². The molecule has 1 saturated heterocycles. The van der Waals surface area contributed by atoms with Crippen LogP contribution in [0.1, 0.15) is 0 Å². The SMILES string of the molecule is C=CCOC(=O)N1CC(OCC(F)(F)F)(C(=O)O)C1. The van der Waals surface area contributed by atoms with E-state index >= 15 is 0 Å². The topological polar surface area (TPSA) is 76.1 Å². The molecule has 1 rings (SSSR count). The first-order chi connectivity index (χ1) is 8.70. The molecule has 1 aliphatic heterocycles. The Kier molecular flexibility index (Phi) is 4.40. The second kappa shape index (κ2) is 5.47. The molecule has 1 heterocycles. The summed E-state index contributed by atoms with van der Waals surface area (Å²) in [6.45, 7) is 0.570. The van der Waals surface area contributed by atoms with Crippen LogP contribution in [0.3, 0.4) is 0 Å². The van der Waals surface area contributed by atoms with Crippen LogP contribution in [0.5, 0.6) is 0 Å². The van der Waals surface area contributed by atoms with E-state index in [1.807, 2.05) is 0 Å². The van der Waals surface area contributed by atoms with Gasteiger partial charge in [0.25, 0.3) is 0 Å². The van der Waals surface area contributed by atoms with Gasteiger partial charge in [-0.3, -0.25) is 0 Å². The van der Waals surface area contributed by atoms with Gasteiger partial charge in [0, 0.05) is 0 Å². The molecular formula is C10H12F3NO5. The van der Waals surface area contributed by atoms with Crippen LogP contribution in [0.2, 0.25) is 0 Å². The van der Waals surface area contributed by atoms with Crippen LogP contribution in [-0.4, -0.2) is 60.1 Å². The number of carbonyl (C=O) groups is 2. The van der Waals surface area contributed by atoms with Crippen molar-refractivity contribution in [2.45, 2.75) is 11.8 Å². The Morgan fingerprint density at radius 3 is 2.42 bits per heavy atom. The molecule has 0 aromatic rings. The lowest BCUT2D eigenvalue weighted by Crippen LogP contribution is -2.69. The highest BCUT2D eigenvalue weighted by Crippen LogP contribution is 2.29. The number of likely N-dealkylation sites (tertiary alicyclic amines) is 1. The average molecular weight is 283 g/mol. The maximum atomic E-state index is 12.0. The van der Waals surface area contributed by atoms with Gasteiger partial charge in [0.2, 0.25) is 5.60 Å². The third-order valence-corrected chi connectivity index (χ3v) is 2.38. The first-order valence-corrected chi connectivity index (χ1v) is 5.17. The molecule has 0 bridgehead atoms. The Labute approximate surface area is 106 Å². The van der Waals surface area contributed by atoms with Crippen molar-refractivity contribution in [3.05, 3.63) is 12.7 Å². The highest BCUT2D eigenvalue weighted by molar-refractivity contribution is 5.83. The first-order valence-electron chi connectivity index (χ1n) is 5.17. The quantitative estimate of drug-likeness (QED) is 0.762. The van der Waals surface area contributed by atoms with Crippen LogP contribution in [0, 0.1) is 0 Å². The normalized spacial score (nSPS) is 17.5. The molecule has 1 N–H and O–H groups in total. The van der Waals surface area contributed by atoms with Gasteiger partial charge in [0.1, 0.15) is 13.2 Å². The summed E-state index contributed by atoms with van der Waals surface area (Å²) in [5.41, 5.74) is -2.03. The summed E-state index contributed by atoms with van der Waals surface area (Å²) in [5, 5.41) is 8.87. The maximum Gasteiger partial charge on any atom is 0.411 e. The lowest BCUT2D eigenvalue weighted by Gasteiger charge is -2.45. The van der Waals surface area contributed by atoms with E-state index in [-0.39, 0.29) is 6.61 Å². The standard InChI is InChI=1S/C10H12F3NO5/c1-2-3-18-8(17)14-4-9(5-14,7(15)16)19-6-10(11,12)13/h2H,1,3-6H2,(H,15,16). The monoisotopic (exact) mass is 283 g/mol. The number of carboxylic acid groups (broad SMARTS) is 1. The predicted molar refractivity (Wildman–Crippen MR) is 55.5 cm³/mol. The Balaban J connectivity index is 2.53. The van der Waals surface area contributed by atoms with Crippen molar-refractivity contribution in [2.24, 2.45) is 0 Å². The van der Waals surface area contributed by atoms with Gasteiger partial charge in [0.05, 0.1) is 13.1 Å². The van der Waals surface area contributed by atoms with Crippen LogP contribution in [0.4, 0.5) is 18.0 Å². The van der Waals surface area contributed by atoms with Crippen LogP contribution in [-0.2, 0) is 14.3 Å². The second-order valence-corrected chi connectivity index (χ2v) is 3.92. The van der Waals surface area contributed by atoms with Gasteiger partial charge in [-0.25, -0.2) is 9.59 Å². The van der Waals surface area contributed by atoms with E-state index in [9.17, 15) is 22.8 Å². The fourth-order valence-electron chi connectivity index (χ4n) is 1.43. The molecule has 0 atom stereocenters. The van der Waals surface area contributed by atoms with Crippen molar-refractivity contribution in [2.75, 3.05) is 26.3 Å². The summed E-state index contributed by atoms with van der Waals surface area (Å²) in [5.74, 6) is -1.55. The molecule has 1 aliphatic rings. The second-order valence-electron chi connectivity index (χ2n) is 3.92. The molecule has 0 saturated carbocycles. The summed E-state index contributed by atoms with van der Waals surface area (Å²) < 4.78 is 45.0. The van der Waals surface area contributed by atoms with Crippen LogP contribution in [0.25, 0.3) is 0 Å². The highest BCUT2D eigenvalue weighted by Gasteiger charge is 2.54. The number of carbonyl (C=O) groups excluding carboxylic acids is 1. The van der Waals surface area contributed by atoms with E-state index in [0.717, 1.165) is 4.90 Å².